The second kappa shape index (κ2) is 5.00. The molecule has 0 saturated carbocycles. The Bertz CT molecular complexity index is 766. The first-order valence-electron chi connectivity index (χ1n) is 5.59. The van der Waals surface area contributed by atoms with E-state index in [9.17, 15) is 19.5 Å². The minimum absolute atomic E-state index is 0.280. The molecule has 2 aromatic rings. The number of carbonyl (C=O) groups excluding carboxylic acids is 1. The molecule has 0 aliphatic carbocycles. The fourth-order valence-electron chi connectivity index (χ4n) is 1.82. The molecule has 0 fully saturated rings. The lowest BCUT2D eigenvalue weighted by Gasteiger charge is -2.10. The van der Waals surface area contributed by atoms with Crippen molar-refractivity contribution in [1.82, 2.24) is 14.9 Å². The lowest BCUT2D eigenvalue weighted by molar-refractivity contribution is -0.135. The zero-order valence-electron chi connectivity index (χ0n) is 10.5. The van der Waals surface area contributed by atoms with Crippen LogP contribution >= 0.6 is 0 Å². The van der Waals surface area contributed by atoms with E-state index in [0.717, 1.165) is 4.57 Å². The minimum Gasteiger partial charge on any atom is -0.506 e. The van der Waals surface area contributed by atoms with E-state index in [0.29, 0.717) is 5.52 Å². The predicted octanol–water partition coefficient (Wildman–Crippen LogP) is -0.546. The highest BCUT2D eigenvalue weighted by Crippen LogP contribution is 2.24. The van der Waals surface area contributed by atoms with Crippen molar-refractivity contribution in [2.24, 2.45) is 7.05 Å². The number of nitrogens with zero attached hydrogens (tertiary/aromatic N) is 2. The van der Waals surface area contributed by atoms with E-state index in [2.05, 4.69) is 4.98 Å². The molecule has 20 heavy (non-hydrogen) atoms. The van der Waals surface area contributed by atoms with Gasteiger partial charge in [0.15, 0.2) is 0 Å². The van der Waals surface area contributed by atoms with Gasteiger partial charge in [-0.25, -0.2) is 0 Å². The average Bonchev–Trinajstić information content (AvgIpc) is 2.43. The highest BCUT2D eigenvalue weighted by Gasteiger charge is 2.21. The lowest BCUT2D eigenvalue weighted by Crippen LogP contribution is -2.35. The van der Waals surface area contributed by atoms with Gasteiger partial charge in [0.1, 0.15) is 17.9 Å². The molecule has 8 nitrogen and oxygen atoms in total. The van der Waals surface area contributed by atoms with Gasteiger partial charge in [0.2, 0.25) is 0 Å². The van der Waals surface area contributed by atoms with Gasteiger partial charge >= 0.3 is 5.97 Å². The number of aromatic nitrogens is 2. The third kappa shape index (κ3) is 2.18. The Hall–Kier alpha value is -2.90. The van der Waals surface area contributed by atoms with Gasteiger partial charge in [-0.2, -0.15) is 0 Å². The number of aliphatic carboxylic acids is 1. The smallest absolute Gasteiger partial charge is 0.322 e. The van der Waals surface area contributed by atoms with Crippen LogP contribution in [0.4, 0.5) is 0 Å². The van der Waals surface area contributed by atoms with Crippen LogP contribution in [0, 0.1) is 0 Å². The number of amides is 1. The van der Waals surface area contributed by atoms with Gasteiger partial charge in [-0.15, -0.1) is 0 Å². The number of pyridine rings is 2. The molecule has 0 spiro atoms. The van der Waals surface area contributed by atoms with Gasteiger partial charge in [-0.05, 0) is 6.07 Å². The van der Waals surface area contributed by atoms with Gasteiger partial charge in [0.25, 0.3) is 11.5 Å². The number of nitrogens with one attached hydrogen (secondary N) is 1. The number of aryl methyl sites for hydroxylation is 1. The number of rotatable bonds is 3. The molecule has 0 atom stereocenters. The van der Waals surface area contributed by atoms with Gasteiger partial charge < -0.3 is 20.1 Å². The molecule has 0 aliphatic heterocycles. The van der Waals surface area contributed by atoms with Crippen molar-refractivity contribution in [3.8, 4) is 5.75 Å². The third-order valence-corrected chi connectivity index (χ3v) is 2.80. The fourth-order valence-corrected chi connectivity index (χ4v) is 1.82. The summed E-state index contributed by atoms with van der Waals surface area (Å²) in [4.78, 5) is 38.1. The topological polar surface area (TPSA) is 122 Å². The van der Waals surface area contributed by atoms with Crippen molar-refractivity contribution in [2.75, 3.05) is 6.54 Å². The number of carboxylic acids is 1. The van der Waals surface area contributed by atoms with Crippen LogP contribution in [0.15, 0.2) is 23.3 Å². The Kier molecular flexibility index (Phi) is 3.38. The molecule has 0 radical (unpaired) electrons. The van der Waals surface area contributed by atoms with Crippen LogP contribution in [0.2, 0.25) is 0 Å². The summed E-state index contributed by atoms with van der Waals surface area (Å²) in [5, 5.41) is 20.9. The van der Waals surface area contributed by atoms with Crippen LogP contribution in [0.5, 0.6) is 5.75 Å². The Labute approximate surface area is 112 Å². The van der Waals surface area contributed by atoms with Crippen molar-refractivity contribution in [3.05, 3.63) is 34.4 Å². The largest absolute Gasteiger partial charge is 0.506 e. The Morgan fingerprint density at radius 2 is 2.15 bits per heavy atom. The molecule has 0 bridgehead atoms. The van der Waals surface area contributed by atoms with E-state index in [1.807, 2.05) is 5.32 Å². The molecule has 3 N–H and O–H groups in total. The molecular formula is C12H11N3O5. The quantitative estimate of drug-likeness (QED) is 0.692. The maximum absolute atomic E-state index is 12.1. The molecule has 2 heterocycles. The van der Waals surface area contributed by atoms with Crippen LogP contribution < -0.4 is 10.9 Å². The fraction of sp³-hybridized carbons (Fsp3) is 0.167. The SMILES string of the molecule is Cn1c(=O)c(C(=O)NCC(=O)O)c(O)c2ccncc21. The number of fused-ring (bicyclic) bond motifs is 1. The standard InChI is InChI=1S/C12H11N3O5/c1-15-7-4-13-3-2-6(7)10(18)9(12(15)20)11(19)14-5-8(16)17/h2-4,18H,5H2,1H3,(H,14,19)(H,16,17). The van der Waals surface area contributed by atoms with E-state index >= 15 is 0 Å². The van der Waals surface area contributed by atoms with Crippen LogP contribution in [0.25, 0.3) is 10.9 Å². The number of carboxylic acid groups (broad SMARTS) is 1. The number of carbonyl (C=O) groups is 2. The van der Waals surface area contributed by atoms with E-state index in [1.165, 1.54) is 25.5 Å². The zero-order valence-corrected chi connectivity index (χ0v) is 10.5. The lowest BCUT2D eigenvalue weighted by atomic mass is 10.1. The number of aromatic hydroxyl groups is 1. The van der Waals surface area contributed by atoms with Crippen LogP contribution in [-0.4, -0.2) is 38.2 Å². The summed E-state index contributed by atoms with van der Waals surface area (Å²) in [5.74, 6) is -2.68. The van der Waals surface area contributed by atoms with E-state index in [1.54, 1.807) is 0 Å². The summed E-state index contributed by atoms with van der Waals surface area (Å²) < 4.78 is 1.16. The first kappa shape index (κ1) is 13.5. The third-order valence-electron chi connectivity index (χ3n) is 2.80. The molecule has 2 rings (SSSR count). The van der Waals surface area contributed by atoms with Crippen molar-refractivity contribution in [1.29, 1.82) is 0 Å². The zero-order chi connectivity index (χ0) is 14.9. The Balaban J connectivity index is 2.62. The molecule has 0 saturated heterocycles. The molecule has 0 aromatic carbocycles. The summed E-state index contributed by atoms with van der Waals surface area (Å²) in [7, 11) is 1.43. The highest BCUT2D eigenvalue weighted by molar-refractivity contribution is 6.02. The second-order valence-electron chi connectivity index (χ2n) is 4.06. The highest BCUT2D eigenvalue weighted by atomic mass is 16.4. The van der Waals surface area contributed by atoms with Crippen molar-refractivity contribution in [3.63, 3.8) is 0 Å². The molecule has 8 heteroatoms. The molecule has 0 unspecified atom stereocenters. The van der Waals surface area contributed by atoms with Gasteiger partial charge in [-0.1, -0.05) is 0 Å². The van der Waals surface area contributed by atoms with Gasteiger partial charge in [0.05, 0.1) is 11.7 Å². The van der Waals surface area contributed by atoms with Gasteiger partial charge in [0, 0.05) is 18.6 Å². The summed E-state index contributed by atoms with van der Waals surface area (Å²) in [6.45, 7) is -0.643. The Morgan fingerprint density at radius 1 is 1.45 bits per heavy atom. The first-order valence-corrected chi connectivity index (χ1v) is 5.59. The van der Waals surface area contributed by atoms with Crippen LogP contribution in [0.3, 0.4) is 0 Å². The normalized spacial score (nSPS) is 10.4. The molecule has 0 aliphatic rings. The summed E-state index contributed by atoms with van der Waals surface area (Å²) >= 11 is 0. The summed E-state index contributed by atoms with van der Waals surface area (Å²) in [6.07, 6.45) is 2.79. The van der Waals surface area contributed by atoms with E-state index in [4.69, 9.17) is 5.11 Å². The number of hydrogen-bond acceptors (Lipinski definition) is 5. The monoisotopic (exact) mass is 277 g/mol. The Morgan fingerprint density at radius 3 is 2.80 bits per heavy atom. The van der Waals surface area contributed by atoms with Gasteiger partial charge in [-0.3, -0.25) is 19.4 Å². The minimum atomic E-state index is -1.25. The second-order valence-corrected chi connectivity index (χ2v) is 4.06. The van der Waals surface area contributed by atoms with Crippen molar-refractivity contribution in [2.45, 2.75) is 0 Å². The van der Waals surface area contributed by atoms with Crippen molar-refractivity contribution < 1.29 is 19.8 Å². The first-order chi connectivity index (χ1) is 9.43. The van der Waals surface area contributed by atoms with E-state index in [-0.39, 0.29) is 5.39 Å². The van der Waals surface area contributed by atoms with Crippen LogP contribution in [-0.2, 0) is 11.8 Å². The summed E-state index contributed by atoms with van der Waals surface area (Å²) in [5.41, 5.74) is -0.858. The molecule has 104 valence electrons. The molecule has 1 amide bonds. The maximum atomic E-state index is 12.1. The van der Waals surface area contributed by atoms with E-state index < -0.39 is 35.3 Å². The predicted molar refractivity (Wildman–Crippen MR) is 68.6 cm³/mol. The summed E-state index contributed by atoms with van der Waals surface area (Å²) in [6, 6.07) is 1.46. The molecule has 2 aromatic heterocycles. The average molecular weight is 277 g/mol. The van der Waals surface area contributed by atoms with Crippen LogP contribution in [0.1, 0.15) is 10.4 Å². The number of hydrogen-bond donors (Lipinski definition) is 3. The maximum Gasteiger partial charge on any atom is 0.322 e. The van der Waals surface area contributed by atoms with Crippen molar-refractivity contribution >= 4 is 22.8 Å². The molecular weight excluding hydrogens is 266 g/mol.